The first-order valence-electron chi connectivity index (χ1n) is 9.45. The van der Waals surface area contributed by atoms with Crippen LogP contribution in [0.1, 0.15) is 16.1 Å². The number of hydrogen-bond acceptors (Lipinski definition) is 4. The van der Waals surface area contributed by atoms with E-state index in [9.17, 15) is 13.2 Å². The molecule has 3 aromatic rings. The van der Waals surface area contributed by atoms with Gasteiger partial charge in [0.15, 0.2) is 5.76 Å². The van der Waals surface area contributed by atoms with Gasteiger partial charge in [-0.15, -0.1) is 0 Å². The normalized spacial score (nSPS) is 15.4. The van der Waals surface area contributed by atoms with Gasteiger partial charge in [-0.3, -0.25) is 4.79 Å². The smallest absolute Gasteiger partial charge is 0.289 e. The Bertz CT molecular complexity index is 1080. The highest BCUT2D eigenvalue weighted by Gasteiger charge is 2.31. The second-order valence-electron chi connectivity index (χ2n) is 7.06. The molecular weight excluding hydrogens is 388 g/mol. The van der Waals surface area contributed by atoms with Gasteiger partial charge < -0.3 is 9.32 Å². The van der Waals surface area contributed by atoms with Gasteiger partial charge in [0.2, 0.25) is 10.0 Å². The van der Waals surface area contributed by atoms with E-state index in [1.807, 2.05) is 43.3 Å². The first kappa shape index (κ1) is 19.4. The molecule has 0 aliphatic carbocycles. The zero-order valence-electron chi connectivity index (χ0n) is 16.1. The van der Waals surface area contributed by atoms with Crippen LogP contribution < -0.4 is 0 Å². The number of furan rings is 1. The number of amides is 1. The average molecular weight is 410 g/mol. The molecule has 0 radical (unpaired) electrons. The standard InChI is InChI=1S/C22H22N2O4S/c1-17-4-6-18(7-5-17)19-8-10-20(11-9-19)29(26,27)24-14-12-23(13-15-24)22(25)21-3-2-16-28-21/h2-11,16H,12-15H2,1H3. The number of hydrogen-bond donors (Lipinski definition) is 0. The van der Waals surface area contributed by atoms with Gasteiger partial charge in [-0.25, -0.2) is 8.42 Å². The monoisotopic (exact) mass is 410 g/mol. The Morgan fingerprint density at radius 3 is 2.00 bits per heavy atom. The van der Waals surface area contributed by atoms with Gasteiger partial charge in [-0.2, -0.15) is 4.31 Å². The maximum absolute atomic E-state index is 13.0. The molecule has 0 spiro atoms. The summed E-state index contributed by atoms with van der Waals surface area (Å²) < 4.78 is 32.6. The van der Waals surface area contributed by atoms with Gasteiger partial charge >= 0.3 is 0 Å². The molecule has 2 heterocycles. The fraction of sp³-hybridized carbons (Fsp3) is 0.227. The van der Waals surface area contributed by atoms with Crippen molar-refractivity contribution in [3.63, 3.8) is 0 Å². The molecule has 1 saturated heterocycles. The summed E-state index contributed by atoms with van der Waals surface area (Å²) in [7, 11) is -3.60. The number of carbonyl (C=O) groups excluding carboxylic acids is 1. The molecule has 0 unspecified atom stereocenters. The van der Waals surface area contributed by atoms with Gasteiger partial charge in [0.25, 0.3) is 5.91 Å². The van der Waals surface area contributed by atoms with Crippen LogP contribution in [0, 0.1) is 6.92 Å². The molecule has 1 aliphatic heterocycles. The molecule has 1 aliphatic rings. The van der Waals surface area contributed by atoms with E-state index in [4.69, 9.17) is 4.42 Å². The van der Waals surface area contributed by atoms with Crippen molar-refractivity contribution in [3.8, 4) is 11.1 Å². The molecule has 4 rings (SSSR count). The Balaban J connectivity index is 1.45. The third-order valence-corrected chi connectivity index (χ3v) is 7.05. The fourth-order valence-electron chi connectivity index (χ4n) is 3.40. The van der Waals surface area contributed by atoms with Crippen LogP contribution in [0.2, 0.25) is 0 Å². The van der Waals surface area contributed by atoms with Gasteiger partial charge in [-0.1, -0.05) is 42.0 Å². The third-order valence-electron chi connectivity index (χ3n) is 5.13. The number of aryl methyl sites for hydroxylation is 1. The van der Waals surface area contributed by atoms with Crippen molar-refractivity contribution in [2.75, 3.05) is 26.2 Å². The molecule has 7 heteroatoms. The molecule has 1 aromatic heterocycles. The Labute approximate surface area is 170 Å². The summed E-state index contributed by atoms with van der Waals surface area (Å²) in [5.74, 6) is 0.0579. The van der Waals surface area contributed by atoms with E-state index in [-0.39, 0.29) is 29.7 Å². The van der Waals surface area contributed by atoms with Crippen LogP contribution in [0.3, 0.4) is 0 Å². The van der Waals surface area contributed by atoms with Crippen LogP contribution in [0.4, 0.5) is 0 Å². The predicted molar refractivity (Wildman–Crippen MR) is 110 cm³/mol. The summed E-state index contributed by atoms with van der Waals surface area (Å²) in [6.07, 6.45) is 1.45. The van der Waals surface area contributed by atoms with Gasteiger partial charge in [0.05, 0.1) is 11.2 Å². The molecule has 0 atom stereocenters. The first-order chi connectivity index (χ1) is 13.9. The lowest BCUT2D eigenvalue weighted by Crippen LogP contribution is -2.50. The Morgan fingerprint density at radius 1 is 0.862 bits per heavy atom. The SMILES string of the molecule is Cc1ccc(-c2ccc(S(=O)(=O)N3CCN(C(=O)c4ccco4)CC3)cc2)cc1. The highest BCUT2D eigenvalue weighted by atomic mass is 32.2. The average Bonchev–Trinajstić information content (AvgIpc) is 3.29. The van der Waals surface area contributed by atoms with Crippen molar-refractivity contribution in [2.24, 2.45) is 0 Å². The van der Waals surface area contributed by atoms with Crippen molar-refractivity contribution < 1.29 is 17.6 Å². The van der Waals surface area contributed by atoms with Gasteiger partial charge in [-0.05, 0) is 42.3 Å². The van der Waals surface area contributed by atoms with Crippen molar-refractivity contribution >= 4 is 15.9 Å². The summed E-state index contributed by atoms with van der Waals surface area (Å²) in [4.78, 5) is 14.2. The molecule has 150 valence electrons. The van der Waals surface area contributed by atoms with E-state index in [1.165, 1.54) is 16.1 Å². The molecule has 0 bridgehead atoms. The third kappa shape index (κ3) is 3.97. The van der Waals surface area contributed by atoms with Crippen LogP contribution in [0.25, 0.3) is 11.1 Å². The van der Waals surface area contributed by atoms with Crippen molar-refractivity contribution in [1.29, 1.82) is 0 Å². The van der Waals surface area contributed by atoms with E-state index < -0.39 is 10.0 Å². The van der Waals surface area contributed by atoms with Crippen LogP contribution in [-0.2, 0) is 10.0 Å². The van der Waals surface area contributed by atoms with Gasteiger partial charge in [0, 0.05) is 26.2 Å². The van der Waals surface area contributed by atoms with Gasteiger partial charge in [0.1, 0.15) is 0 Å². The number of benzene rings is 2. The van der Waals surface area contributed by atoms with E-state index in [2.05, 4.69) is 0 Å². The van der Waals surface area contributed by atoms with E-state index in [0.717, 1.165) is 11.1 Å². The minimum absolute atomic E-state index is 0.213. The van der Waals surface area contributed by atoms with Crippen LogP contribution in [-0.4, -0.2) is 49.7 Å². The van der Waals surface area contributed by atoms with E-state index in [1.54, 1.807) is 29.2 Å². The second-order valence-corrected chi connectivity index (χ2v) is 9.00. The summed E-state index contributed by atoms with van der Waals surface area (Å²) in [6, 6.07) is 18.3. The number of carbonyl (C=O) groups is 1. The second kappa shape index (κ2) is 7.85. The van der Waals surface area contributed by atoms with Crippen molar-refractivity contribution in [1.82, 2.24) is 9.21 Å². The molecule has 1 fully saturated rings. The number of nitrogens with zero attached hydrogens (tertiary/aromatic N) is 2. The summed E-state index contributed by atoms with van der Waals surface area (Å²) in [5, 5.41) is 0. The lowest BCUT2D eigenvalue weighted by molar-refractivity contribution is 0.0666. The Kier molecular flexibility index (Phi) is 5.25. The zero-order valence-corrected chi connectivity index (χ0v) is 16.9. The minimum atomic E-state index is -3.60. The zero-order chi connectivity index (χ0) is 20.4. The predicted octanol–water partition coefficient (Wildman–Crippen LogP) is 3.40. The largest absolute Gasteiger partial charge is 0.459 e. The quantitative estimate of drug-likeness (QED) is 0.661. The number of rotatable bonds is 4. The summed E-state index contributed by atoms with van der Waals surface area (Å²) in [5.41, 5.74) is 3.19. The Hall–Kier alpha value is -2.90. The van der Waals surface area contributed by atoms with E-state index in [0.29, 0.717) is 13.1 Å². The van der Waals surface area contributed by atoms with E-state index >= 15 is 0 Å². The summed E-state index contributed by atoms with van der Waals surface area (Å²) >= 11 is 0. The van der Waals surface area contributed by atoms with Crippen molar-refractivity contribution in [3.05, 3.63) is 78.3 Å². The molecular formula is C22H22N2O4S. The lowest BCUT2D eigenvalue weighted by atomic mass is 10.0. The minimum Gasteiger partial charge on any atom is -0.459 e. The first-order valence-corrected chi connectivity index (χ1v) is 10.9. The van der Waals surface area contributed by atoms with Crippen molar-refractivity contribution in [2.45, 2.75) is 11.8 Å². The Morgan fingerprint density at radius 2 is 1.45 bits per heavy atom. The number of sulfonamides is 1. The molecule has 6 nitrogen and oxygen atoms in total. The summed E-state index contributed by atoms with van der Waals surface area (Å²) in [6.45, 7) is 3.21. The molecule has 1 amide bonds. The molecule has 0 N–H and O–H groups in total. The number of piperazine rings is 1. The molecule has 29 heavy (non-hydrogen) atoms. The van der Waals surface area contributed by atoms with Crippen LogP contribution in [0.15, 0.2) is 76.2 Å². The molecule has 0 saturated carbocycles. The molecule has 2 aromatic carbocycles. The maximum Gasteiger partial charge on any atom is 0.289 e. The topological polar surface area (TPSA) is 70.8 Å². The highest BCUT2D eigenvalue weighted by molar-refractivity contribution is 7.89. The van der Waals surface area contributed by atoms with Crippen LogP contribution >= 0.6 is 0 Å². The fourth-order valence-corrected chi connectivity index (χ4v) is 4.82. The van der Waals surface area contributed by atoms with Crippen LogP contribution in [0.5, 0.6) is 0 Å². The highest BCUT2D eigenvalue weighted by Crippen LogP contribution is 2.24. The lowest BCUT2D eigenvalue weighted by Gasteiger charge is -2.33. The maximum atomic E-state index is 13.0.